The van der Waals surface area contributed by atoms with Crippen LogP contribution in [0.5, 0.6) is 5.88 Å². The van der Waals surface area contributed by atoms with Crippen LogP contribution in [-0.4, -0.2) is 9.55 Å². The van der Waals surface area contributed by atoms with E-state index in [0.717, 1.165) is 22.8 Å². The van der Waals surface area contributed by atoms with Crippen molar-refractivity contribution in [3.05, 3.63) is 85.9 Å². The predicted octanol–water partition coefficient (Wildman–Crippen LogP) is 5.18. The number of alkyl halides is 3. The molecular weight excluding hydrogens is 463 g/mol. The molecule has 0 radical (unpaired) electrons. The molecule has 0 amide bonds. The molecule has 0 spiro atoms. The fourth-order valence-electron chi connectivity index (χ4n) is 2.66. The number of hydrogen-bond acceptors (Lipinski definition) is 3. The van der Waals surface area contributed by atoms with Gasteiger partial charge in [0.25, 0.3) is 5.56 Å². The van der Waals surface area contributed by atoms with Crippen LogP contribution >= 0.6 is 15.9 Å². The van der Waals surface area contributed by atoms with Crippen molar-refractivity contribution >= 4 is 15.9 Å². The highest BCUT2D eigenvalue weighted by molar-refractivity contribution is 9.10. The van der Waals surface area contributed by atoms with Crippen molar-refractivity contribution in [2.24, 2.45) is 0 Å². The van der Waals surface area contributed by atoms with E-state index in [1.165, 1.54) is 25.1 Å². The molecule has 0 atom stereocenters. The van der Waals surface area contributed by atoms with E-state index < -0.39 is 28.9 Å². The van der Waals surface area contributed by atoms with E-state index in [2.05, 4.69) is 20.9 Å². The van der Waals surface area contributed by atoms with Crippen LogP contribution in [0.25, 0.3) is 5.69 Å². The summed E-state index contributed by atoms with van der Waals surface area (Å²) in [5.41, 5.74) is -2.19. The first-order chi connectivity index (χ1) is 13.6. The number of nitrogens with zero attached hydrogens (tertiary/aromatic N) is 2. The first kappa shape index (κ1) is 21.0. The molecule has 0 aliphatic heterocycles. The van der Waals surface area contributed by atoms with Gasteiger partial charge >= 0.3 is 6.18 Å². The monoisotopic (exact) mass is 474 g/mol. The van der Waals surface area contributed by atoms with Gasteiger partial charge in [0.05, 0.1) is 11.3 Å². The Labute approximate surface area is 169 Å². The maximum absolute atomic E-state index is 13.7. The molecule has 0 N–H and O–H groups in total. The van der Waals surface area contributed by atoms with Crippen molar-refractivity contribution in [2.45, 2.75) is 19.7 Å². The second kappa shape index (κ2) is 7.94. The molecule has 0 bridgehead atoms. The second-order valence-corrected chi connectivity index (χ2v) is 6.75. The molecule has 29 heavy (non-hydrogen) atoms. The number of ether oxygens (including phenoxy) is 1. The number of aromatic nitrogens is 2. The van der Waals surface area contributed by atoms with Gasteiger partial charge in [-0.3, -0.25) is 9.36 Å². The van der Waals surface area contributed by atoms with Crippen LogP contribution in [0.2, 0.25) is 0 Å². The average molecular weight is 475 g/mol. The Hall–Kier alpha value is -2.75. The molecule has 0 aliphatic rings. The minimum Gasteiger partial charge on any atom is -0.472 e. The number of rotatable bonds is 4. The molecule has 1 heterocycles. The van der Waals surface area contributed by atoms with Crippen molar-refractivity contribution in [3.63, 3.8) is 0 Å². The van der Waals surface area contributed by atoms with Crippen molar-refractivity contribution in [1.82, 2.24) is 9.55 Å². The van der Waals surface area contributed by atoms with E-state index in [1.807, 2.05) is 0 Å². The number of aryl methyl sites for hydroxylation is 1. The zero-order chi connectivity index (χ0) is 21.3. The van der Waals surface area contributed by atoms with E-state index in [0.29, 0.717) is 6.07 Å². The summed E-state index contributed by atoms with van der Waals surface area (Å²) < 4.78 is 72.6. The smallest absolute Gasteiger partial charge is 0.418 e. The summed E-state index contributed by atoms with van der Waals surface area (Å²) >= 11 is 2.99. The summed E-state index contributed by atoms with van der Waals surface area (Å²) in [5.74, 6) is -1.89. The molecule has 0 unspecified atom stereocenters. The van der Waals surface area contributed by atoms with Gasteiger partial charge < -0.3 is 4.74 Å². The molecule has 1 aromatic heterocycles. The Bertz CT molecular complexity index is 1130. The lowest BCUT2D eigenvalue weighted by Gasteiger charge is -2.17. The maximum atomic E-state index is 13.7. The summed E-state index contributed by atoms with van der Waals surface area (Å²) in [7, 11) is 0. The lowest BCUT2D eigenvalue weighted by Crippen LogP contribution is -2.26. The zero-order valence-electron chi connectivity index (χ0n) is 14.7. The molecule has 0 aliphatic carbocycles. The highest BCUT2D eigenvalue weighted by Crippen LogP contribution is 2.34. The summed E-state index contributed by atoms with van der Waals surface area (Å²) in [4.78, 5) is 16.7. The SMILES string of the molecule is Cc1nc(OCc2ccc(F)cc2F)c(Br)c(=O)n1-c1ccccc1C(F)(F)F. The van der Waals surface area contributed by atoms with Crippen LogP contribution in [0.1, 0.15) is 17.0 Å². The van der Waals surface area contributed by atoms with Crippen molar-refractivity contribution in [3.8, 4) is 11.6 Å². The average Bonchev–Trinajstić information content (AvgIpc) is 2.64. The Kier molecular flexibility index (Phi) is 5.74. The van der Waals surface area contributed by atoms with E-state index >= 15 is 0 Å². The van der Waals surface area contributed by atoms with Crippen LogP contribution in [0, 0.1) is 18.6 Å². The number of hydrogen-bond donors (Lipinski definition) is 0. The van der Waals surface area contributed by atoms with Crippen LogP contribution in [0.15, 0.2) is 51.7 Å². The summed E-state index contributed by atoms with van der Waals surface area (Å²) in [5, 5.41) is 0. The molecule has 3 aromatic rings. The van der Waals surface area contributed by atoms with Gasteiger partial charge in [0, 0.05) is 11.6 Å². The molecule has 3 rings (SSSR count). The van der Waals surface area contributed by atoms with Crippen LogP contribution in [0.4, 0.5) is 22.0 Å². The van der Waals surface area contributed by atoms with Gasteiger partial charge in [-0.25, -0.2) is 8.78 Å². The number of benzene rings is 2. The lowest BCUT2D eigenvalue weighted by molar-refractivity contribution is -0.137. The number of halogens is 6. The highest BCUT2D eigenvalue weighted by Gasteiger charge is 2.34. The summed E-state index contributed by atoms with van der Waals surface area (Å²) in [6, 6.07) is 7.48. The van der Waals surface area contributed by atoms with E-state index in [-0.39, 0.29) is 34.0 Å². The molecule has 0 fully saturated rings. The maximum Gasteiger partial charge on any atom is 0.418 e. The van der Waals surface area contributed by atoms with Gasteiger partial charge in [-0.2, -0.15) is 18.2 Å². The predicted molar refractivity (Wildman–Crippen MR) is 98.0 cm³/mol. The first-order valence-corrected chi connectivity index (χ1v) is 8.91. The normalized spacial score (nSPS) is 11.6. The third-order valence-electron chi connectivity index (χ3n) is 4.00. The van der Waals surface area contributed by atoms with Crippen molar-refractivity contribution < 1.29 is 26.7 Å². The third-order valence-corrected chi connectivity index (χ3v) is 4.67. The molecule has 10 heteroatoms. The van der Waals surface area contributed by atoms with E-state index in [4.69, 9.17) is 4.74 Å². The van der Waals surface area contributed by atoms with E-state index in [9.17, 15) is 26.7 Å². The number of para-hydroxylation sites is 1. The van der Waals surface area contributed by atoms with Crippen molar-refractivity contribution in [2.75, 3.05) is 0 Å². The fraction of sp³-hybridized carbons (Fsp3) is 0.158. The van der Waals surface area contributed by atoms with Gasteiger partial charge in [-0.1, -0.05) is 12.1 Å². The van der Waals surface area contributed by atoms with Gasteiger partial charge in [0.1, 0.15) is 28.5 Å². The first-order valence-electron chi connectivity index (χ1n) is 8.12. The molecule has 152 valence electrons. The second-order valence-electron chi connectivity index (χ2n) is 5.96. The fourth-order valence-corrected chi connectivity index (χ4v) is 3.04. The Balaban J connectivity index is 2.01. The van der Waals surface area contributed by atoms with Crippen LogP contribution in [0.3, 0.4) is 0 Å². The third kappa shape index (κ3) is 4.31. The zero-order valence-corrected chi connectivity index (χ0v) is 16.3. The van der Waals surface area contributed by atoms with Gasteiger partial charge in [-0.15, -0.1) is 0 Å². The molecule has 2 aromatic carbocycles. The molecule has 0 saturated carbocycles. The van der Waals surface area contributed by atoms with Gasteiger partial charge in [-0.05, 0) is 47.1 Å². The van der Waals surface area contributed by atoms with Crippen LogP contribution in [-0.2, 0) is 12.8 Å². The topological polar surface area (TPSA) is 44.1 Å². The quantitative estimate of drug-likeness (QED) is 0.489. The van der Waals surface area contributed by atoms with Crippen LogP contribution < -0.4 is 10.3 Å². The molecule has 0 saturated heterocycles. The minimum atomic E-state index is -4.68. The standard InChI is InChI=1S/C19H12BrF5N2O2/c1-10-26-17(29-9-11-6-7-12(21)8-14(11)22)16(20)18(28)27(10)15-5-3-2-4-13(15)19(23,24)25/h2-8H,9H2,1H3. The van der Waals surface area contributed by atoms with Crippen molar-refractivity contribution in [1.29, 1.82) is 0 Å². The highest BCUT2D eigenvalue weighted by atomic mass is 79.9. The summed E-state index contributed by atoms with van der Waals surface area (Å²) in [6.07, 6.45) is -4.68. The minimum absolute atomic E-state index is 0.0179. The largest absolute Gasteiger partial charge is 0.472 e. The Morgan fingerprint density at radius 1 is 1.14 bits per heavy atom. The Morgan fingerprint density at radius 3 is 2.48 bits per heavy atom. The summed E-state index contributed by atoms with van der Waals surface area (Å²) in [6.45, 7) is 0.978. The lowest BCUT2D eigenvalue weighted by atomic mass is 10.1. The van der Waals surface area contributed by atoms with E-state index in [1.54, 1.807) is 0 Å². The molecule has 4 nitrogen and oxygen atoms in total. The van der Waals surface area contributed by atoms with Gasteiger partial charge in [0.15, 0.2) is 0 Å². The van der Waals surface area contributed by atoms with Gasteiger partial charge in [0.2, 0.25) is 5.88 Å². The Morgan fingerprint density at radius 2 is 1.83 bits per heavy atom. The molecular formula is C19H12BrF5N2O2.